The number of aryl methyl sites for hydroxylation is 1. The molecule has 0 saturated carbocycles. The molecule has 1 atom stereocenters. The molecule has 0 aromatic carbocycles. The Kier molecular flexibility index (Phi) is 6.48. The predicted octanol–water partition coefficient (Wildman–Crippen LogP) is 0.989. The van der Waals surface area contributed by atoms with Crippen molar-refractivity contribution >= 4 is 0 Å². The third-order valence-corrected chi connectivity index (χ3v) is 3.39. The summed E-state index contributed by atoms with van der Waals surface area (Å²) in [5.74, 6) is 0.559. The molecular weight excluding hydrogens is 242 g/mol. The summed E-state index contributed by atoms with van der Waals surface area (Å²) >= 11 is 0. The van der Waals surface area contributed by atoms with Crippen molar-refractivity contribution in [2.75, 3.05) is 13.2 Å². The normalized spacial score (nSPS) is 13.2. The standard InChI is InChI=1S/C14H27N3O2/c1-10(2)7-13(9-19)15-8-14-11(3)16-17(5-6-18)12(14)4/h10,13,15,18-19H,5-9H2,1-4H3. The molecule has 110 valence electrons. The minimum atomic E-state index is 0.0987. The van der Waals surface area contributed by atoms with E-state index in [2.05, 4.69) is 24.3 Å². The molecule has 0 aliphatic rings. The van der Waals surface area contributed by atoms with Crippen LogP contribution in [0.4, 0.5) is 0 Å². The molecule has 1 aromatic rings. The number of aromatic nitrogens is 2. The second kappa shape index (κ2) is 7.62. The van der Waals surface area contributed by atoms with Gasteiger partial charge in [0, 0.05) is 23.8 Å². The SMILES string of the molecule is Cc1nn(CCO)c(C)c1CNC(CO)CC(C)C. The number of hydrogen-bond donors (Lipinski definition) is 3. The molecule has 5 nitrogen and oxygen atoms in total. The number of aliphatic hydroxyl groups excluding tert-OH is 2. The van der Waals surface area contributed by atoms with Crippen LogP contribution in [-0.4, -0.2) is 39.2 Å². The van der Waals surface area contributed by atoms with E-state index in [0.717, 1.165) is 23.4 Å². The summed E-state index contributed by atoms with van der Waals surface area (Å²) in [6.07, 6.45) is 0.958. The van der Waals surface area contributed by atoms with Crippen molar-refractivity contribution in [3.05, 3.63) is 17.0 Å². The van der Waals surface area contributed by atoms with E-state index in [1.165, 1.54) is 0 Å². The van der Waals surface area contributed by atoms with Crippen molar-refractivity contribution in [1.29, 1.82) is 0 Å². The largest absolute Gasteiger partial charge is 0.395 e. The predicted molar refractivity (Wildman–Crippen MR) is 76.0 cm³/mol. The average Bonchev–Trinajstić information content (AvgIpc) is 2.61. The fourth-order valence-corrected chi connectivity index (χ4v) is 2.34. The van der Waals surface area contributed by atoms with Gasteiger partial charge in [0.25, 0.3) is 0 Å². The Labute approximate surface area is 115 Å². The van der Waals surface area contributed by atoms with E-state index in [1.54, 1.807) is 0 Å². The van der Waals surface area contributed by atoms with Gasteiger partial charge in [-0.1, -0.05) is 13.8 Å². The highest BCUT2D eigenvalue weighted by Gasteiger charge is 2.14. The van der Waals surface area contributed by atoms with Crippen LogP contribution in [0.25, 0.3) is 0 Å². The lowest BCUT2D eigenvalue weighted by molar-refractivity contribution is 0.223. The molecule has 5 heteroatoms. The first-order valence-corrected chi connectivity index (χ1v) is 6.97. The zero-order valence-electron chi connectivity index (χ0n) is 12.5. The Balaban J connectivity index is 2.66. The van der Waals surface area contributed by atoms with Crippen molar-refractivity contribution in [3.63, 3.8) is 0 Å². The van der Waals surface area contributed by atoms with Crippen LogP contribution in [0.5, 0.6) is 0 Å². The first-order chi connectivity index (χ1) is 8.99. The molecule has 19 heavy (non-hydrogen) atoms. The van der Waals surface area contributed by atoms with Crippen molar-refractivity contribution in [2.45, 2.75) is 53.2 Å². The summed E-state index contributed by atoms with van der Waals surface area (Å²) in [4.78, 5) is 0. The zero-order valence-corrected chi connectivity index (χ0v) is 12.5. The van der Waals surface area contributed by atoms with Crippen LogP contribution >= 0.6 is 0 Å². The maximum atomic E-state index is 9.36. The zero-order chi connectivity index (χ0) is 14.4. The second-order valence-electron chi connectivity index (χ2n) is 5.49. The highest BCUT2D eigenvalue weighted by molar-refractivity contribution is 5.24. The molecular formula is C14H27N3O2. The lowest BCUT2D eigenvalue weighted by atomic mass is 10.0. The van der Waals surface area contributed by atoms with E-state index in [9.17, 15) is 5.11 Å². The lowest BCUT2D eigenvalue weighted by Crippen LogP contribution is -2.33. The molecule has 3 N–H and O–H groups in total. The van der Waals surface area contributed by atoms with Gasteiger partial charge in [0.15, 0.2) is 0 Å². The van der Waals surface area contributed by atoms with Crippen molar-refractivity contribution in [1.82, 2.24) is 15.1 Å². The van der Waals surface area contributed by atoms with Gasteiger partial charge in [0.1, 0.15) is 0 Å². The average molecular weight is 269 g/mol. The van der Waals surface area contributed by atoms with E-state index < -0.39 is 0 Å². The third kappa shape index (κ3) is 4.60. The van der Waals surface area contributed by atoms with Crippen molar-refractivity contribution < 1.29 is 10.2 Å². The molecule has 0 aliphatic heterocycles. The van der Waals surface area contributed by atoms with E-state index in [0.29, 0.717) is 19.0 Å². The summed E-state index contributed by atoms with van der Waals surface area (Å²) < 4.78 is 1.84. The third-order valence-electron chi connectivity index (χ3n) is 3.39. The summed E-state index contributed by atoms with van der Waals surface area (Å²) in [6.45, 7) is 9.79. The smallest absolute Gasteiger partial charge is 0.0644 e. The van der Waals surface area contributed by atoms with Crippen LogP contribution in [0.1, 0.15) is 37.2 Å². The minimum Gasteiger partial charge on any atom is -0.395 e. The molecule has 0 saturated heterocycles. The van der Waals surface area contributed by atoms with Gasteiger partial charge < -0.3 is 15.5 Å². The van der Waals surface area contributed by atoms with Gasteiger partial charge in [0.05, 0.1) is 25.5 Å². The van der Waals surface area contributed by atoms with Gasteiger partial charge in [-0.25, -0.2) is 0 Å². The summed E-state index contributed by atoms with van der Waals surface area (Å²) in [5, 5.41) is 26.2. The molecule has 1 rings (SSSR count). The van der Waals surface area contributed by atoms with Crippen LogP contribution in [0.3, 0.4) is 0 Å². The molecule has 1 unspecified atom stereocenters. The first-order valence-electron chi connectivity index (χ1n) is 6.97. The molecule has 1 aromatic heterocycles. The van der Waals surface area contributed by atoms with Crippen LogP contribution < -0.4 is 5.32 Å². The van der Waals surface area contributed by atoms with E-state index in [1.807, 2.05) is 18.5 Å². The van der Waals surface area contributed by atoms with Crippen LogP contribution in [0, 0.1) is 19.8 Å². The molecule has 0 fully saturated rings. The molecule has 0 amide bonds. The Morgan fingerprint density at radius 3 is 2.47 bits per heavy atom. The topological polar surface area (TPSA) is 70.3 Å². The monoisotopic (exact) mass is 269 g/mol. The maximum Gasteiger partial charge on any atom is 0.0644 e. The number of hydrogen-bond acceptors (Lipinski definition) is 4. The van der Waals surface area contributed by atoms with Crippen LogP contribution in [0.15, 0.2) is 0 Å². The summed E-state index contributed by atoms with van der Waals surface area (Å²) in [7, 11) is 0. The number of aliphatic hydroxyl groups is 2. The fraction of sp³-hybridized carbons (Fsp3) is 0.786. The van der Waals surface area contributed by atoms with E-state index in [-0.39, 0.29) is 19.3 Å². The summed E-state index contributed by atoms with van der Waals surface area (Å²) in [5.41, 5.74) is 3.23. The Hall–Kier alpha value is -0.910. The summed E-state index contributed by atoms with van der Waals surface area (Å²) in [6, 6.07) is 0.125. The van der Waals surface area contributed by atoms with Gasteiger partial charge in [-0.15, -0.1) is 0 Å². The quantitative estimate of drug-likeness (QED) is 0.658. The maximum absolute atomic E-state index is 9.36. The van der Waals surface area contributed by atoms with Crippen molar-refractivity contribution in [2.24, 2.45) is 5.92 Å². The van der Waals surface area contributed by atoms with E-state index >= 15 is 0 Å². The number of nitrogens with one attached hydrogen (secondary N) is 1. The van der Waals surface area contributed by atoms with Gasteiger partial charge in [-0.3, -0.25) is 4.68 Å². The van der Waals surface area contributed by atoms with Gasteiger partial charge in [-0.05, 0) is 26.2 Å². The molecule has 0 bridgehead atoms. The van der Waals surface area contributed by atoms with Gasteiger partial charge in [0.2, 0.25) is 0 Å². The Morgan fingerprint density at radius 1 is 1.26 bits per heavy atom. The number of rotatable bonds is 8. The van der Waals surface area contributed by atoms with Crippen molar-refractivity contribution in [3.8, 4) is 0 Å². The molecule has 0 aliphatic carbocycles. The van der Waals surface area contributed by atoms with E-state index in [4.69, 9.17) is 5.11 Å². The molecule has 1 heterocycles. The lowest BCUT2D eigenvalue weighted by Gasteiger charge is -2.18. The highest BCUT2D eigenvalue weighted by Crippen LogP contribution is 2.13. The Bertz CT molecular complexity index is 388. The minimum absolute atomic E-state index is 0.0987. The van der Waals surface area contributed by atoms with Gasteiger partial charge >= 0.3 is 0 Å². The fourth-order valence-electron chi connectivity index (χ4n) is 2.34. The van der Waals surface area contributed by atoms with Gasteiger partial charge in [-0.2, -0.15) is 5.10 Å². The first kappa shape index (κ1) is 16.1. The van der Waals surface area contributed by atoms with Crippen LogP contribution in [0.2, 0.25) is 0 Å². The molecule has 0 radical (unpaired) electrons. The number of nitrogens with zero attached hydrogens (tertiary/aromatic N) is 2. The Morgan fingerprint density at radius 2 is 1.95 bits per heavy atom. The highest BCUT2D eigenvalue weighted by atomic mass is 16.3. The molecule has 0 spiro atoms. The second-order valence-corrected chi connectivity index (χ2v) is 5.49. The van der Waals surface area contributed by atoms with Crippen LogP contribution in [-0.2, 0) is 13.1 Å².